The Bertz CT molecular complexity index is 1520. The minimum Gasteiger partial charge on any atom is -0.388 e. The molecule has 0 radical (unpaired) electrons. The maximum atomic E-state index is 5.18. The van der Waals surface area contributed by atoms with Gasteiger partial charge in [-0.1, -0.05) is 6.07 Å². The average molecular weight is 564 g/mol. The van der Waals surface area contributed by atoms with Crippen LogP contribution in [-0.4, -0.2) is 63.4 Å². The number of guanidine groups is 2. The third kappa shape index (κ3) is 4.70. The normalized spacial score (nSPS) is 23.3. The minimum atomic E-state index is -0.608. The van der Waals surface area contributed by atoms with Crippen molar-refractivity contribution < 1.29 is 0 Å². The number of nitrogens with one attached hydrogen (secondary N) is 3. The van der Waals surface area contributed by atoms with Gasteiger partial charge in [-0.15, -0.1) is 0 Å². The van der Waals surface area contributed by atoms with Gasteiger partial charge in [0.15, 0.2) is 0 Å². The van der Waals surface area contributed by atoms with Gasteiger partial charge in [-0.05, 0) is 87.9 Å². The zero-order valence-corrected chi connectivity index (χ0v) is 25.0. The molecule has 0 bridgehead atoms. The Morgan fingerprint density at radius 3 is 2.12 bits per heavy atom. The molecule has 2 aromatic rings. The summed E-state index contributed by atoms with van der Waals surface area (Å²) in [5.41, 5.74) is 8.36. The molecule has 2 fully saturated rings. The van der Waals surface area contributed by atoms with Crippen LogP contribution in [0, 0.1) is 0 Å². The fourth-order valence-corrected chi connectivity index (χ4v) is 6.89. The van der Waals surface area contributed by atoms with Crippen molar-refractivity contribution in [3.8, 4) is 0 Å². The third-order valence-corrected chi connectivity index (χ3v) is 9.15. The predicted octanol–water partition coefficient (Wildman–Crippen LogP) is 5.56. The molecule has 0 aromatic heterocycles. The lowest BCUT2D eigenvalue weighted by Gasteiger charge is -2.40. The molecule has 0 spiro atoms. The van der Waals surface area contributed by atoms with Gasteiger partial charge in [0.1, 0.15) is 11.9 Å². The van der Waals surface area contributed by atoms with E-state index in [1.54, 1.807) is 6.34 Å². The van der Waals surface area contributed by atoms with Crippen LogP contribution in [0.5, 0.6) is 0 Å². The van der Waals surface area contributed by atoms with Gasteiger partial charge < -0.3 is 25.8 Å². The molecule has 9 heteroatoms. The fraction of sp³-hybridized carbons (Fsp3) is 0.424. The highest BCUT2D eigenvalue weighted by Gasteiger charge is 2.39. The van der Waals surface area contributed by atoms with Gasteiger partial charge in [-0.2, -0.15) is 0 Å². The van der Waals surface area contributed by atoms with Crippen LogP contribution in [0.15, 0.2) is 69.2 Å². The monoisotopic (exact) mass is 563 g/mol. The predicted molar refractivity (Wildman–Crippen MR) is 176 cm³/mol. The highest BCUT2D eigenvalue weighted by molar-refractivity contribution is 6.13. The number of allylic oxidation sites excluding steroid dienone is 1. The molecule has 0 aliphatic carbocycles. The van der Waals surface area contributed by atoms with Crippen LogP contribution in [0.2, 0.25) is 0 Å². The molecular weight excluding hydrogens is 522 g/mol. The van der Waals surface area contributed by atoms with E-state index in [4.69, 9.17) is 4.99 Å². The summed E-state index contributed by atoms with van der Waals surface area (Å²) in [5.74, 6) is 1.35. The van der Waals surface area contributed by atoms with Crippen molar-refractivity contribution in [2.24, 2.45) is 15.0 Å². The Kier molecular flexibility index (Phi) is 6.88. The van der Waals surface area contributed by atoms with Gasteiger partial charge in [0, 0.05) is 74.2 Å². The van der Waals surface area contributed by atoms with Gasteiger partial charge in [-0.25, -0.2) is 19.9 Å². The molecule has 5 aliphatic heterocycles. The first-order valence-electron chi connectivity index (χ1n) is 15.4. The van der Waals surface area contributed by atoms with E-state index in [0.29, 0.717) is 11.9 Å². The molecule has 5 heterocycles. The largest absolute Gasteiger partial charge is 0.388 e. The lowest BCUT2D eigenvalue weighted by molar-refractivity contribution is 0.559. The van der Waals surface area contributed by atoms with Crippen molar-refractivity contribution in [3.63, 3.8) is 0 Å². The molecule has 5 aliphatic rings. The molecule has 0 amide bonds. The zero-order chi connectivity index (χ0) is 28.7. The first kappa shape index (κ1) is 26.6. The molecule has 218 valence electrons. The lowest BCUT2D eigenvalue weighted by Crippen LogP contribution is -2.50. The molecule has 0 saturated carbocycles. The zero-order valence-electron chi connectivity index (χ0n) is 25.0. The topological polar surface area (TPSA) is 82.9 Å². The van der Waals surface area contributed by atoms with E-state index in [-0.39, 0.29) is 0 Å². The molecule has 1 atom stereocenters. The van der Waals surface area contributed by atoms with Crippen LogP contribution in [0.25, 0.3) is 5.70 Å². The highest BCUT2D eigenvalue weighted by Crippen LogP contribution is 2.42. The molecule has 2 saturated heterocycles. The Morgan fingerprint density at radius 2 is 1.45 bits per heavy atom. The molecule has 3 N–H and O–H groups in total. The highest BCUT2D eigenvalue weighted by atomic mass is 15.4. The van der Waals surface area contributed by atoms with Gasteiger partial charge in [0.2, 0.25) is 11.9 Å². The maximum absolute atomic E-state index is 5.18. The summed E-state index contributed by atoms with van der Waals surface area (Å²) >= 11 is 0. The summed E-state index contributed by atoms with van der Waals surface area (Å²) in [6.07, 6.45) is 13.7. The lowest BCUT2D eigenvalue weighted by atomic mass is 9.87. The smallest absolute Gasteiger partial charge is 0.235 e. The Balaban J connectivity index is 1.27. The SMILES string of the molecule is CNc1cc(N2CCCCC2)ccc1C1=CC2=CC(C)(c3ccc(N4CCCCC4)cc3NC)N=C3N=CN=C(N1)N23. The first-order chi connectivity index (χ1) is 20.6. The Labute approximate surface area is 248 Å². The Hall–Kier alpha value is -4.27. The third-order valence-electron chi connectivity index (χ3n) is 9.15. The summed E-state index contributed by atoms with van der Waals surface area (Å²) in [6, 6.07) is 13.5. The fourth-order valence-electron chi connectivity index (χ4n) is 6.89. The number of aliphatic imine (C=N–C) groups is 3. The number of hydrogen-bond acceptors (Lipinski definition) is 9. The number of anilines is 4. The van der Waals surface area contributed by atoms with Crippen molar-refractivity contribution in [1.82, 2.24) is 10.2 Å². The molecule has 7 rings (SSSR count). The van der Waals surface area contributed by atoms with E-state index in [0.717, 1.165) is 60.1 Å². The second-order valence-electron chi connectivity index (χ2n) is 11.9. The first-order valence-corrected chi connectivity index (χ1v) is 15.4. The summed E-state index contributed by atoms with van der Waals surface area (Å²) in [7, 11) is 3.99. The molecule has 2 aromatic carbocycles. The number of hydrogen-bond donors (Lipinski definition) is 3. The molecule has 9 nitrogen and oxygen atoms in total. The van der Waals surface area contributed by atoms with E-state index in [1.807, 2.05) is 19.0 Å². The number of nitrogens with zero attached hydrogens (tertiary/aromatic N) is 6. The quantitative estimate of drug-likeness (QED) is 0.427. The van der Waals surface area contributed by atoms with Gasteiger partial charge >= 0.3 is 0 Å². The van der Waals surface area contributed by atoms with Crippen molar-refractivity contribution >= 4 is 46.7 Å². The van der Waals surface area contributed by atoms with E-state index in [1.165, 1.54) is 49.9 Å². The van der Waals surface area contributed by atoms with Crippen molar-refractivity contribution in [2.75, 3.05) is 60.7 Å². The summed E-state index contributed by atoms with van der Waals surface area (Å²) < 4.78 is 0. The van der Waals surface area contributed by atoms with Crippen molar-refractivity contribution in [1.29, 1.82) is 0 Å². The van der Waals surface area contributed by atoms with Crippen LogP contribution in [0.1, 0.15) is 56.6 Å². The van der Waals surface area contributed by atoms with E-state index in [9.17, 15) is 0 Å². The minimum absolute atomic E-state index is 0.608. The van der Waals surface area contributed by atoms with Crippen molar-refractivity contribution in [2.45, 2.75) is 51.0 Å². The second kappa shape index (κ2) is 10.9. The van der Waals surface area contributed by atoms with Crippen LogP contribution >= 0.6 is 0 Å². The van der Waals surface area contributed by atoms with E-state index < -0.39 is 5.54 Å². The average Bonchev–Trinajstić information content (AvgIpc) is 3.04. The number of piperidine rings is 2. The number of benzene rings is 2. The van der Waals surface area contributed by atoms with Crippen molar-refractivity contribution in [3.05, 3.63) is 65.4 Å². The van der Waals surface area contributed by atoms with Gasteiger partial charge in [-0.3, -0.25) is 0 Å². The van der Waals surface area contributed by atoms with E-state index >= 15 is 0 Å². The Morgan fingerprint density at radius 1 is 0.810 bits per heavy atom. The summed E-state index contributed by atoms with van der Waals surface area (Å²) in [6.45, 7) is 6.65. The molecule has 1 unspecified atom stereocenters. The number of rotatable bonds is 6. The standard InChI is InChI=1S/C33H41N9/c1-33(27-13-11-24(19-30(27)35-3)41-16-8-5-9-17-41)21-25-20-29(38-31-36-22-37-32(39-33)42(25)31)26-12-10-23(18-28(26)34-2)40-14-6-4-7-15-40/h10-13,18-22,34-35H,4-9,14-17H2,1-3H3,(H,36,37,38,39). The van der Waals surface area contributed by atoms with Crippen LogP contribution < -0.4 is 25.8 Å². The van der Waals surface area contributed by atoms with Crippen LogP contribution in [0.4, 0.5) is 22.7 Å². The molecular formula is C33H41N9. The van der Waals surface area contributed by atoms with E-state index in [2.05, 4.69) is 91.2 Å². The van der Waals surface area contributed by atoms with Gasteiger partial charge in [0.05, 0.1) is 11.4 Å². The van der Waals surface area contributed by atoms with Gasteiger partial charge in [0.25, 0.3) is 0 Å². The van der Waals surface area contributed by atoms with Crippen LogP contribution in [0.3, 0.4) is 0 Å². The molecule has 42 heavy (non-hydrogen) atoms. The summed E-state index contributed by atoms with van der Waals surface area (Å²) in [4.78, 5) is 21.4. The second-order valence-corrected chi connectivity index (χ2v) is 11.9. The maximum Gasteiger partial charge on any atom is 0.235 e. The summed E-state index contributed by atoms with van der Waals surface area (Å²) in [5, 5.41) is 10.5. The van der Waals surface area contributed by atoms with Crippen LogP contribution in [-0.2, 0) is 5.54 Å².